The molecule has 40 heavy (non-hydrogen) atoms. The minimum atomic E-state index is -0.165. The van der Waals surface area contributed by atoms with Gasteiger partial charge in [-0.05, 0) is 99.6 Å². The molecule has 4 aromatic rings. The number of pyridine rings is 1. The summed E-state index contributed by atoms with van der Waals surface area (Å²) in [5.74, 6) is -0.109. The van der Waals surface area contributed by atoms with E-state index in [2.05, 4.69) is 53.0 Å². The Morgan fingerprint density at radius 2 is 1.77 bits per heavy atom. The lowest BCUT2D eigenvalue weighted by atomic mass is 9.93. The fourth-order valence-corrected chi connectivity index (χ4v) is 6.12. The Balaban J connectivity index is 1.66. The monoisotopic (exact) mass is 571 g/mol. The van der Waals surface area contributed by atoms with Gasteiger partial charge in [0.1, 0.15) is 0 Å². The van der Waals surface area contributed by atoms with E-state index >= 15 is 0 Å². The second kappa shape index (κ2) is 11.1. The highest BCUT2D eigenvalue weighted by Gasteiger charge is 2.43. The summed E-state index contributed by atoms with van der Waals surface area (Å²) in [6.45, 7) is 12.2. The lowest BCUT2D eigenvalue weighted by Crippen LogP contribution is -2.30. The van der Waals surface area contributed by atoms with Crippen LogP contribution >= 0.6 is 23.8 Å². The number of hydrogen-bond donors (Lipinski definition) is 2. The maximum absolute atomic E-state index is 12.4. The van der Waals surface area contributed by atoms with Crippen molar-refractivity contribution in [3.63, 3.8) is 0 Å². The molecule has 0 bridgehead atoms. The molecule has 1 aliphatic rings. The molecule has 1 aliphatic heterocycles. The third kappa shape index (κ3) is 5.00. The van der Waals surface area contributed by atoms with Crippen molar-refractivity contribution in [1.29, 1.82) is 0 Å². The van der Waals surface area contributed by atoms with E-state index in [1.54, 1.807) is 0 Å². The van der Waals surface area contributed by atoms with Gasteiger partial charge in [-0.3, -0.25) is 9.78 Å². The summed E-state index contributed by atoms with van der Waals surface area (Å²) in [7, 11) is 0. The Morgan fingerprint density at radius 1 is 1.00 bits per heavy atom. The standard InChI is InChI=1S/C32H34ClN5OS/c1-18(2)31(39)35-26-14-13-25(16-19(26)3)38-30(29(36-32(38)40)27-12-7-8-15-34-27)28-20(4)21(5)37(22(28)6)24-11-9-10-23(33)17-24/h7-18,29-30H,1-6H3,(H,35,39)(H,36,40)/t29-,30+/m1/s1. The first-order valence-electron chi connectivity index (χ1n) is 13.4. The average molecular weight is 572 g/mol. The Labute approximate surface area is 246 Å². The molecule has 1 amide bonds. The van der Waals surface area contributed by atoms with Crippen molar-refractivity contribution in [3.05, 3.63) is 106 Å². The first-order valence-corrected chi connectivity index (χ1v) is 14.2. The predicted molar refractivity (Wildman–Crippen MR) is 168 cm³/mol. The van der Waals surface area contributed by atoms with Crippen LogP contribution in [0.5, 0.6) is 0 Å². The largest absolute Gasteiger partial charge is 0.351 e. The van der Waals surface area contributed by atoms with Crippen molar-refractivity contribution in [2.75, 3.05) is 10.2 Å². The van der Waals surface area contributed by atoms with Gasteiger partial charge in [0.25, 0.3) is 0 Å². The van der Waals surface area contributed by atoms with E-state index in [-0.39, 0.29) is 23.9 Å². The van der Waals surface area contributed by atoms with E-state index < -0.39 is 0 Å². The molecular weight excluding hydrogens is 538 g/mol. The molecule has 0 unspecified atom stereocenters. The number of nitrogens with one attached hydrogen (secondary N) is 2. The number of hydrogen-bond acceptors (Lipinski definition) is 3. The van der Waals surface area contributed by atoms with Gasteiger partial charge in [0, 0.05) is 51.2 Å². The van der Waals surface area contributed by atoms with Gasteiger partial charge in [0.05, 0.1) is 17.8 Å². The van der Waals surface area contributed by atoms with Gasteiger partial charge in [-0.2, -0.15) is 0 Å². The molecule has 3 heterocycles. The van der Waals surface area contributed by atoms with Crippen LogP contribution in [-0.2, 0) is 4.79 Å². The number of rotatable bonds is 6. The molecule has 206 valence electrons. The highest BCUT2D eigenvalue weighted by molar-refractivity contribution is 7.80. The van der Waals surface area contributed by atoms with Crippen LogP contribution in [0.2, 0.25) is 5.02 Å². The van der Waals surface area contributed by atoms with E-state index in [0.717, 1.165) is 39.7 Å². The summed E-state index contributed by atoms with van der Waals surface area (Å²) in [6, 6.07) is 19.7. The minimum Gasteiger partial charge on any atom is -0.351 e. The molecule has 0 radical (unpaired) electrons. The molecule has 1 saturated heterocycles. The van der Waals surface area contributed by atoms with Crippen LogP contribution in [0.4, 0.5) is 11.4 Å². The minimum absolute atomic E-state index is 0.00798. The molecule has 5 rings (SSSR count). The average Bonchev–Trinajstić information content (AvgIpc) is 3.37. The number of aromatic nitrogens is 2. The SMILES string of the molecule is Cc1cc(N2C(=S)N[C@H](c3ccccn3)[C@@H]2c2c(C)c(C)n(-c3cccc(Cl)c3)c2C)ccc1NC(=O)C(C)C. The van der Waals surface area contributed by atoms with Crippen molar-refractivity contribution >= 4 is 46.2 Å². The highest BCUT2D eigenvalue weighted by atomic mass is 35.5. The number of aryl methyl sites for hydroxylation is 1. The molecule has 0 aliphatic carbocycles. The van der Waals surface area contributed by atoms with Crippen LogP contribution < -0.4 is 15.5 Å². The Kier molecular flexibility index (Phi) is 7.71. The summed E-state index contributed by atoms with van der Waals surface area (Å²) in [5, 5.41) is 7.94. The van der Waals surface area contributed by atoms with Crippen LogP contribution in [0, 0.1) is 33.6 Å². The zero-order valence-corrected chi connectivity index (χ0v) is 25.2. The van der Waals surface area contributed by atoms with Gasteiger partial charge in [-0.15, -0.1) is 0 Å². The number of carbonyl (C=O) groups excluding carboxylic acids is 1. The van der Waals surface area contributed by atoms with Crippen LogP contribution in [0.25, 0.3) is 5.69 Å². The van der Waals surface area contributed by atoms with Gasteiger partial charge in [0.15, 0.2) is 5.11 Å². The Morgan fingerprint density at radius 3 is 2.42 bits per heavy atom. The van der Waals surface area contributed by atoms with Crippen molar-refractivity contribution < 1.29 is 4.79 Å². The second-order valence-corrected chi connectivity index (χ2v) is 11.5. The molecule has 2 aromatic heterocycles. The molecule has 8 heteroatoms. The predicted octanol–water partition coefficient (Wildman–Crippen LogP) is 7.53. The molecule has 2 N–H and O–H groups in total. The number of thiocarbonyl (C=S) groups is 1. The van der Waals surface area contributed by atoms with Gasteiger partial charge in [-0.1, -0.05) is 37.6 Å². The normalized spacial score (nSPS) is 16.9. The smallest absolute Gasteiger partial charge is 0.226 e. The molecule has 0 spiro atoms. The molecule has 0 saturated carbocycles. The molecule has 2 atom stereocenters. The van der Waals surface area contributed by atoms with Gasteiger partial charge >= 0.3 is 0 Å². The van der Waals surface area contributed by atoms with E-state index in [4.69, 9.17) is 28.8 Å². The van der Waals surface area contributed by atoms with E-state index in [0.29, 0.717) is 10.1 Å². The van der Waals surface area contributed by atoms with Crippen LogP contribution in [-0.4, -0.2) is 20.6 Å². The number of benzene rings is 2. The number of anilines is 2. The Bertz CT molecular complexity index is 1600. The molecule has 2 aromatic carbocycles. The highest BCUT2D eigenvalue weighted by Crippen LogP contribution is 2.46. The molecule has 1 fully saturated rings. The van der Waals surface area contributed by atoms with Crippen molar-refractivity contribution in [3.8, 4) is 5.69 Å². The number of amides is 1. The van der Waals surface area contributed by atoms with Gasteiger partial charge in [-0.25, -0.2) is 0 Å². The number of carbonyl (C=O) groups is 1. The lowest BCUT2D eigenvalue weighted by Gasteiger charge is -2.29. The molecule has 6 nitrogen and oxygen atoms in total. The third-order valence-electron chi connectivity index (χ3n) is 7.74. The van der Waals surface area contributed by atoms with E-state index in [1.807, 2.05) is 75.5 Å². The fraction of sp³-hybridized carbons (Fsp3) is 0.281. The van der Waals surface area contributed by atoms with Crippen LogP contribution in [0.3, 0.4) is 0 Å². The first kappa shape index (κ1) is 27.9. The quantitative estimate of drug-likeness (QED) is 0.234. The van der Waals surface area contributed by atoms with Crippen LogP contribution in [0.15, 0.2) is 66.9 Å². The third-order valence-corrected chi connectivity index (χ3v) is 8.29. The van der Waals surface area contributed by atoms with Gasteiger partial charge in [0.2, 0.25) is 5.91 Å². The van der Waals surface area contributed by atoms with E-state index in [1.165, 1.54) is 11.1 Å². The fourth-order valence-electron chi connectivity index (χ4n) is 5.59. The Hall–Kier alpha value is -3.68. The van der Waals surface area contributed by atoms with Crippen molar-refractivity contribution in [2.45, 2.75) is 53.6 Å². The lowest BCUT2D eigenvalue weighted by molar-refractivity contribution is -0.118. The van der Waals surface area contributed by atoms with Gasteiger partial charge < -0.3 is 20.1 Å². The maximum Gasteiger partial charge on any atom is 0.226 e. The first-order chi connectivity index (χ1) is 19.1. The maximum atomic E-state index is 12.4. The molecular formula is C32H34ClN5OS. The second-order valence-electron chi connectivity index (χ2n) is 10.7. The summed E-state index contributed by atoms with van der Waals surface area (Å²) >= 11 is 12.4. The zero-order valence-electron chi connectivity index (χ0n) is 23.6. The summed E-state index contributed by atoms with van der Waals surface area (Å²) in [6.07, 6.45) is 1.82. The summed E-state index contributed by atoms with van der Waals surface area (Å²) in [5.41, 5.74) is 9.31. The number of halogens is 1. The van der Waals surface area contributed by atoms with E-state index in [9.17, 15) is 4.79 Å². The summed E-state index contributed by atoms with van der Waals surface area (Å²) in [4.78, 5) is 19.3. The number of nitrogens with zero attached hydrogens (tertiary/aromatic N) is 3. The summed E-state index contributed by atoms with van der Waals surface area (Å²) < 4.78 is 2.27. The van der Waals surface area contributed by atoms with Crippen molar-refractivity contribution in [1.82, 2.24) is 14.9 Å². The van der Waals surface area contributed by atoms with Crippen LogP contribution in [0.1, 0.15) is 59.7 Å². The zero-order chi connectivity index (χ0) is 28.7. The topological polar surface area (TPSA) is 62.2 Å². The van der Waals surface area contributed by atoms with Crippen molar-refractivity contribution in [2.24, 2.45) is 5.92 Å².